The van der Waals surface area contributed by atoms with Crippen LogP contribution in [0.25, 0.3) is 0 Å². The molecule has 3 aromatic carbocycles. The highest BCUT2D eigenvalue weighted by molar-refractivity contribution is 6.03. The van der Waals surface area contributed by atoms with Gasteiger partial charge in [0.25, 0.3) is 0 Å². The largest absolute Gasteiger partial charge is 0.508 e. The normalized spacial score (nSPS) is 21.3. The maximum Gasteiger partial charge on any atom is 0.228 e. The molecule has 9 heteroatoms. The van der Waals surface area contributed by atoms with Crippen LogP contribution in [0.3, 0.4) is 0 Å². The molecule has 5 rings (SSSR count). The Morgan fingerprint density at radius 2 is 1.35 bits per heavy atom. The van der Waals surface area contributed by atoms with E-state index in [1.165, 1.54) is 30.3 Å². The number of phenols is 2. The van der Waals surface area contributed by atoms with Crippen molar-refractivity contribution in [2.24, 2.45) is 17.8 Å². The van der Waals surface area contributed by atoms with E-state index in [4.69, 9.17) is 0 Å². The van der Waals surface area contributed by atoms with Crippen LogP contribution in [0, 0.1) is 30.5 Å². The summed E-state index contributed by atoms with van der Waals surface area (Å²) in [6, 6.07) is 16.4. The second-order valence-corrected chi connectivity index (χ2v) is 12.5. The van der Waals surface area contributed by atoms with Gasteiger partial charge in [-0.2, -0.15) is 0 Å². The average Bonchev–Trinajstić information content (AvgIpc) is 2.94. The van der Waals surface area contributed by atoms with Crippen molar-refractivity contribution in [1.82, 2.24) is 9.80 Å². The maximum atomic E-state index is 14.9. The Morgan fingerprint density at radius 1 is 0.837 bits per heavy atom. The average molecular weight is 589 g/mol. The number of β-amino-alcohol motifs (C(OH)–C–C–N with tert-alkyl or cyclic N) is 1. The summed E-state index contributed by atoms with van der Waals surface area (Å²) in [5, 5.41) is 30.4. The van der Waals surface area contributed by atoms with Gasteiger partial charge in [0.2, 0.25) is 5.91 Å². The van der Waals surface area contributed by atoms with Gasteiger partial charge in [-0.05, 0) is 62.2 Å². The lowest BCUT2D eigenvalue weighted by molar-refractivity contribution is -0.145. The van der Waals surface area contributed by atoms with Crippen LogP contribution in [0.1, 0.15) is 51.6 Å². The molecular weight excluding hydrogens is 551 g/mol. The summed E-state index contributed by atoms with van der Waals surface area (Å²) in [5.74, 6) is -4.56. The Morgan fingerprint density at radius 3 is 1.84 bits per heavy atom. The van der Waals surface area contributed by atoms with Crippen molar-refractivity contribution in [1.29, 1.82) is 0 Å². The topological polar surface area (TPSA) is 118 Å². The molecule has 2 aliphatic heterocycles. The van der Waals surface area contributed by atoms with E-state index in [-0.39, 0.29) is 59.1 Å². The van der Waals surface area contributed by atoms with Crippen molar-refractivity contribution in [2.45, 2.75) is 32.3 Å². The Labute approximate surface area is 250 Å². The van der Waals surface area contributed by atoms with Crippen LogP contribution < -0.4 is 0 Å². The fourth-order valence-corrected chi connectivity index (χ4v) is 6.55. The summed E-state index contributed by atoms with van der Waals surface area (Å²) in [6.45, 7) is 6.35. The van der Waals surface area contributed by atoms with E-state index in [0.29, 0.717) is 30.8 Å². The first kappa shape index (κ1) is 30.4. The number of piperidine rings is 1. The summed E-state index contributed by atoms with van der Waals surface area (Å²) in [5.41, 5.74) is 0.357. The van der Waals surface area contributed by atoms with Crippen LogP contribution in [0.5, 0.6) is 11.5 Å². The summed E-state index contributed by atoms with van der Waals surface area (Å²) < 4.78 is 14.9. The molecule has 2 saturated heterocycles. The van der Waals surface area contributed by atoms with Crippen LogP contribution in [-0.2, 0) is 4.79 Å². The Balaban J connectivity index is 1.57. The standard InChI is InChI=1S/C34H37FN2O6/c1-20-26(11-6-12-29(20)35)30-27(31(40)21-7-4-9-24(38)13-21)17-37(33(42)23-15-36(16-23)19-34(2,3)43)18-28(30)32(41)22-8-5-10-25(39)14-22/h4-14,23,27-28,30,38-39,43H,15-19H2,1-3H3. The van der Waals surface area contributed by atoms with Gasteiger partial charge in [-0.1, -0.05) is 36.4 Å². The van der Waals surface area contributed by atoms with Gasteiger partial charge in [0.15, 0.2) is 11.6 Å². The number of halogens is 1. The molecule has 2 aliphatic rings. The van der Waals surface area contributed by atoms with Gasteiger partial charge >= 0.3 is 0 Å². The Kier molecular flexibility index (Phi) is 8.40. The molecule has 3 N–H and O–H groups in total. The summed E-state index contributed by atoms with van der Waals surface area (Å²) in [4.78, 5) is 45.8. The van der Waals surface area contributed by atoms with Gasteiger partial charge in [0.05, 0.1) is 11.5 Å². The molecule has 3 aromatic rings. The van der Waals surface area contributed by atoms with Gasteiger partial charge in [-0.15, -0.1) is 0 Å². The monoisotopic (exact) mass is 588 g/mol. The number of nitrogens with zero attached hydrogens (tertiary/aromatic N) is 2. The van der Waals surface area contributed by atoms with Crippen LogP contribution in [-0.4, -0.2) is 80.9 Å². The number of likely N-dealkylation sites (tertiary alicyclic amines) is 2. The predicted octanol–water partition coefficient (Wildman–Crippen LogP) is 4.17. The van der Waals surface area contributed by atoms with E-state index >= 15 is 0 Å². The summed E-state index contributed by atoms with van der Waals surface area (Å²) >= 11 is 0. The molecule has 2 atom stereocenters. The van der Waals surface area contributed by atoms with E-state index in [0.717, 1.165) is 0 Å². The number of hydrogen-bond acceptors (Lipinski definition) is 7. The third-order valence-electron chi connectivity index (χ3n) is 8.53. The lowest BCUT2D eigenvalue weighted by Gasteiger charge is -2.47. The maximum absolute atomic E-state index is 14.9. The molecule has 2 fully saturated rings. The number of amides is 1. The van der Waals surface area contributed by atoms with Crippen molar-refractivity contribution < 1.29 is 34.1 Å². The molecule has 0 radical (unpaired) electrons. The van der Waals surface area contributed by atoms with E-state index in [1.807, 2.05) is 4.90 Å². The fraction of sp³-hybridized carbons (Fsp3) is 0.382. The van der Waals surface area contributed by atoms with E-state index in [2.05, 4.69) is 0 Å². The molecule has 1 amide bonds. The fourth-order valence-electron chi connectivity index (χ4n) is 6.55. The third-order valence-corrected chi connectivity index (χ3v) is 8.53. The minimum atomic E-state index is -0.918. The van der Waals surface area contributed by atoms with E-state index in [9.17, 15) is 34.1 Å². The van der Waals surface area contributed by atoms with Crippen LogP contribution in [0.4, 0.5) is 4.39 Å². The number of ketones is 2. The lowest BCUT2D eigenvalue weighted by Crippen LogP contribution is -2.60. The number of hydrogen-bond donors (Lipinski definition) is 3. The molecule has 0 aliphatic carbocycles. The van der Waals surface area contributed by atoms with Crippen molar-refractivity contribution >= 4 is 17.5 Å². The number of aliphatic hydroxyl groups is 1. The van der Waals surface area contributed by atoms with Gasteiger partial charge < -0.3 is 20.2 Å². The molecule has 0 saturated carbocycles. The van der Waals surface area contributed by atoms with E-state index in [1.54, 1.807) is 62.1 Å². The number of carbonyl (C=O) groups excluding carboxylic acids is 3. The molecule has 43 heavy (non-hydrogen) atoms. The van der Waals surface area contributed by atoms with E-state index < -0.39 is 29.2 Å². The van der Waals surface area contributed by atoms with Crippen molar-refractivity contribution in [3.05, 3.63) is 94.8 Å². The highest BCUT2D eigenvalue weighted by Crippen LogP contribution is 2.43. The molecule has 8 nitrogen and oxygen atoms in total. The number of rotatable bonds is 8. The Bertz CT molecular complexity index is 1480. The van der Waals surface area contributed by atoms with Crippen molar-refractivity contribution in [3.63, 3.8) is 0 Å². The van der Waals surface area contributed by atoms with Gasteiger partial charge in [-0.25, -0.2) is 4.39 Å². The van der Waals surface area contributed by atoms with Crippen LogP contribution in [0.2, 0.25) is 0 Å². The molecule has 0 spiro atoms. The lowest BCUT2D eigenvalue weighted by atomic mass is 9.67. The van der Waals surface area contributed by atoms with Crippen LogP contribution in [0.15, 0.2) is 66.7 Å². The molecule has 0 aromatic heterocycles. The van der Waals surface area contributed by atoms with Gasteiger partial charge in [-0.3, -0.25) is 19.3 Å². The SMILES string of the molecule is Cc1c(F)cccc1C1C(C(=O)c2cccc(O)c2)CN(C(=O)C2CN(CC(C)(C)O)C2)CC1C(=O)c1cccc(O)c1. The third kappa shape index (κ3) is 6.48. The molecular formula is C34H37FN2O6. The minimum absolute atomic E-state index is 0.0136. The van der Waals surface area contributed by atoms with Crippen molar-refractivity contribution in [3.8, 4) is 11.5 Å². The molecule has 2 heterocycles. The number of aromatic hydroxyl groups is 2. The Hall–Kier alpha value is -4.08. The first-order chi connectivity index (χ1) is 20.3. The van der Waals surface area contributed by atoms with Gasteiger partial charge in [0.1, 0.15) is 17.3 Å². The zero-order chi connectivity index (χ0) is 31.1. The summed E-state index contributed by atoms with van der Waals surface area (Å²) in [7, 11) is 0. The smallest absolute Gasteiger partial charge is 0.228 e. The number of phenolic OH excluding ortho intramolecular Hbond substituents is 2. The summed E-state index contributed by atoms with van der Waals surface area (Å²) in [6.07, 6.45) is 0. The first-order valence-electron chi connectivity index (χ1n) is 14.5. The second kappa shape index (κ2) is 11.9. The highest BCUT2D eigenvalue weighted by atomic mass is 19.1. The molecule has 226 valence electrons. The molecule has 2 unspecified atom stereocenters. The predicted molar refractivity (Wildman–Crippen MR) is 159 cm³/mol. The van der Waals surface area contributed by atoms with Crippen LogP contribution >= 0.6 is 0 Å². The minimum Gasteiger partial charge on any atom is -0.508 e. The number of carbonyl (C=O) groups is 3. The zero-order valence-corrected chi connectivity index (χ0v) is 24.5. The number of benzene rings is 3. The van der Waals surface area contributed by atoms with Gasteiger partial charge in [0, 0.05) is 61.6 Å². The first-order valence-corrected chi connectivity index (χ1v) is 14.5. The second-order valence-electron chi connectivity index (χ2n) is 12.5. The zero-order valence-electron chi connectivity index (χ0n) is 24.5. The highest BCUT2D eigenvalue weighted by Gasteiger charge is 2.48. The molecule has 0 bridgehead atoms. The quantitative estimate of drug-likeness (QED) is 0.338. The van der Waals surface area contributed by atoms with Crippen molar-refractivity contribution in [2.75, 3.05) is 32.7 Å². The number of Topliss-reactive ketones (excluding diaryl/α,β-unsaturated/α-hetero) is 2.